The highest BCUT2D eigenvalue weighted by molar-refractivity contribution is 6.08. The smallest absolute Gasteiger partial charge is 0.138 e. The summed E-state index contributed by atoms with van der Waals surface area (Å²) in [5, 5.41) is 2.46. The summed E-state index contributed by atoms with van der Waals surface area (Å²) >= 11 is 0. The lowest BCUT2D eigenvalue weighted by Crippen LogP contribution is -1.95. The minimum Gasteiger partial charge on any atom is -0.455 e. The molecule has 0 N–H and O–H groups in total. The van der Waals surface area contributed by atoms with Crippen LogP contribution in [0.2, 0.25) is 0 Å². The van der Waals surface area contributed by atoms with Gasteiger partial charge in [-0.3, -0.25) is 0 Å². The van der Waals surface area contributed by atoms with Crippen molar-refractivity contribution in [2.24, 2.45) is 0 Å². The Kier molecular flexibility index (Phi) is 4.32. The van der Waals surface area contributed by atoms with Crippen molar-refractivity contribution >= 4 is 21.9 Å². The number of rotatable bonds is 4. The predicted octanol–water partition coefficient (Wildman–Crippen LogP) is 7.77. The van der Waals surface area contributed by atoms with Crippen LogP contribution in [0.4, 0.5) is 0 Å². The van der Waals surface area contributed by atoms with Crippen LogP contribution in [-0.2, 0) is 0 Å². The lowest BCUT2D eigenvalue weighted by atomic mass is 9.90. The summed E-state index contributed by atoms with van der Waals surface area (Å²) in [6, 6.07) is 19.8. The van der Waals surface area contributed by atoms with Crippen LogP contribution in [0, 0.1) is 13.8 Å². The summed E-state index contributed by atoms with van der Waals surface area (Å²) in [4.78, 5) is 0. The Morgan fingerprint density at radius 3 is 2.42 bits per heavy atom. The molecule has 0 aliphatic heterocycles. The molecule has 0 aliphatic rings. The molecule has 1 heteroatoms. The maximum absolute atomic E-state index is 6.40. The van der Waals surface area contributed by atoms with E-state index in [1.54, 1.807) is 0 Å². The normalized spacial score (nSPS) is 12.8. The molecule has 0 saturated carbocycles. The number of hydrogen-bond acceptors (Lipinski definition) is 1. The fourth-order valence-corrected chi connectivity index (χ4v) is 4.01. The van der Waals surface area contributed by atoms with Crippen molar-refractivity contribution < 1.29 is 4.42 Å². The Morgan fingerprint density at radius 2 is 1.65 bits per heavy atom. The first-order valence-corrected chi connectivity index (χ1v) is 9.61. The fourth-order valence-electron chi connectivity index (χ4n) is 4.01. The monoisotopic (exact) mass is 342 g/mol. The molecule has 4 aromatic rings. The van der Waals surface area contributed by atoms with Crippen molar-refractivity contribution in [3.63, 3.8) is 0 Å². The number of hydrogen-bond donors (Lipinski definition) is 0. The molecule has 132 valence electrons. The summed E-state index contributed by atoms with van der Waals surface area (Å²) in [6.07, 6.45) is 2.35. The number of furan rings is 1. The summed E-state index contributed by atoms with van der Waals surface area (Å²) < 4.78 is 6.40. The van der Waals surface area contributed by atoms with E-state index < -0.39 is 0 Å². The third-order valence-corrected chi connectivity index (χ3v) is 5.43. The average molecular weight is 342 g/mol. The lowest BCUT2D eigenvalue weighted by Gasteiger charge is -2.14. The molecule has 0 aliphatic carbocycles. The molecular weight excluding hydrogens is 316 g/mol. The molecule has 0 bridgehead atoms. The van der Waals surface area contributed by atoms with E-state index >= 15 is 0 Å². The van der Waals surface area contributed by atoms with Crippen LogP contribution in [-0.4, -0.2) is 0 Å². The van der Waals surface area contributed by atoms with Gasteiger partial charge in [-0.15, -0.1) is 0 Å². The summed E-state index contributed by atoms with van der Waals surface area (Å²) in [5.41, 5.74) is 8.46. The topological polar surface area (TPSA) is 13.1 Å². The van der Waals surface area contributed by atoms with Crippen molar-refractivity contribution in [1.82, 2.24) is 0 Å². The SMILES string of the molecule is CCCC(C)c1cc(-c2cccc(C)c2)cc2c1oc1c(C)cccc12. The summed E-state index contributed by atoms with van der Waals surface area (Å²) in [6.45, 7) is 8.85. The number of benzene rings is 3. The van der Waals surface area contributed by atoms with Crippen LogP contribution in [0.5, 0.6) is 0 Å². The van der Waals surface area contributed by atoms with Crippen LogP contribution in [0.1, 0.15) is 49.3 Å². The largest absolute Gasteiger partial charge is 0.455 e. The lowest BCUT2D eigenvalue weighted by molar-refractivity contribution is 0.627. The molecule has 4 rings (SSSR count). The zero-order valence-corrected chi connectivity index (χ0v) is 16.1. The number of aryl methyl sites for hydroxylation is 2. The fraction of sp³-hybridized carbons (Fsp3) is 0.280. The first kappa shape index (κ1) is 16.9. The Hall–Kier alpha value is -2.54. The van der Waals surface area contributed by atoms with Crippen molar-refractivity contribution in [1.29, 1.82) is 0 Å². The zero-order chi connectivity index (χ0) is 18.3. The van der Waals surface area contributed by atoms with Gasteiger partial charge < -0.3 is 4.42 Å². The Bertz CT molecular complexity index is 1080. The van der Waals surface area contributed by atoms with Crippen LogP contribution in [0.3, 0.4) is 0 Å². The second-order valence-corrected chi connectivity index (χ2v) is 7.56. The third-order valence-electron chi connectivity index (χ3n) is 5.43. The molecule has 1 aromatic heterocycles. The van der Waals surface area contributed by atoms with Gasteiger partial charge in [-0.1, -0.05) is 68.3 Å². The quantitative estimate of drug-likeness (QED) is 0.369. The molecule has 1 unspecified atom stereocenters. The first-order valence-electron chi connectivity index (χ1n) is 9.61. The van der Waals surface area contributed by atoms with E-state index in [4.69, 9.17) is 4.42 Å². The molecule has 0 spiro atoms. The molecule has 0 amide bonds. The molecule has 0 radical (unpaired) electrons. The molecule has 26 heavy (non-hydrogen) atoms. The van der Waals surface area contributed by atoms with Crippen molar-refractivity contribution in [2.45, 2.75) is 46.5 Å². The zero-order valence-electron chi connectivity index (χ0n) is 16.1. The Balaban J connectivity index is 2.05. The van der Waals surface area contributed by atoms with Crippen molar-refractivity contribution in [3.05, 3.63) is 71.3 Å². The molecule has 3 aromatic carbocycles. The highest BCUT2D eigenvalue weighted by atomic mass is 16.3. The molecular formula is C25H26O. The maximum Gasteiger partial charge on any atom is 0.138 e. The van der Waals surface area contributed by atoms with Crippen molar-refractivity contribution in [3.8, 4) is 11.1 Å². The van der Waals surface area contributed by atoms with E-state index in [9.17, 15) is 0 Å². The number of para-hydroxylation sites is 1. The standard InChI is InChI=1S/C25H26O/c1-5-8-17(3)22-14-20(19-11-6-9-16(2)13-19)15-23-21-12-7-10-18(4)24(21)26-25(22)23/h6-7,9-15,17H,5,8H2,1-4H3. The van der Waals surface area contributed by atoms with E-state index in [0.29, 0.717) is 5.92 Å². The van der Waals surface area contributed by atoms with E-state index in [-0.39, 0.29) is 0 Å². The molecule has 1 heterocycles. The van der Waals surface area contributed by atoms with Crippen LogP contribution in [0.25, 0.3) is 33.1 Å². The second-order valence-electron chi connectivity index (χ2n) is 7.56. The van der Waals surface area contributed by atoms with Gasteiger partial charge in [0, 0.05) is 10.8 Å². The molecule has 0 fully saturated rings. The maximum atomic E-state index is 6.40. The van der Waals surface area contributed by atoms with Crippen LogP contribution >= 0.6 is 0 Å². The van der Waals surface area contributed by atoms with E-state index in [1.807, 2.05) is 0 Å². The highest BCUT2D eigenvalue weighted by Crippen LogP contribution is 2.39. The van der Waals surface area contributed by atoms with Gasteiger partial charge in [0.25, 0.3) is 0 Å². The first-order chi connectivity index (χ1) is 12.6. The highest BCUT2D eigenvalue weighted by Gasteiger charge is 2.18. The van der Waals surface area contributed by atoms with Crippen LogP contribution in [0.15, 0.2) is 59.0 Å². The van der Waals surface area contributed by atoms with Gasteiger partial charge in [0.1, 0.15) is 11.2 Å². The van der Waals surface area contributed by atoms with E-state index in [0.717, 1.165) is 11.2 Å². The van der Waals surface area contributed by atoms with Gasteiger partial charge in [-0.05, 0) is 60.6 Å². The van der Waals surface area contributed by atoms with Crippen LogP contribution < -0.4 is 0 Å². The third kappa shape index (κ3) is 2.82. The minimum atomic E-state index is 0.480. The molecule has 1 atom stereocenters. The van der Waals surface area contributed by atoms with Gasteiger partial charge in [-0.2, -0.15) is 0 Å². The minimum absolute atomic E-state index is 0.480. The average Bonchev–Trinajstić information content (AvgIpc) is 3.01. The van der Waals surface area contributed by atoms with Gasteiger partial charge in [0.2, 0.25) is 0 Å². The van der Waals surface area contributed by atoms with Crippen molar-refractivity contribution in [2.75, 3.05) is 0 Å². The van der Waals surface area contributed by atoms with Gasteiger partial charge in [0.05, 0.1) is 0 Å². The second kappa shape index (κ2) is 6.64. The number of fused-ring (bicyclic) bond motifs is 3. The predicted molar refractivity (Wildman–Crippen MR) is 112 cm³/mol. The van der Waals surface area contributed by atoms with E-state index in [1.165, 1.54) is 51.4 Å². The van der Waals surface area contributed by atoms with Gasteiger partial charge >= 0.3 is 0 Å². The molecule has 0 saturated heterocycles. The summed E-state index contributed by atoms with van der Waals surface area (Å²) in [5.74, 6) is 0.480. The van der Waals surface area contributed by atoms with Gasteiger partial charge in [0.15, 0.2) is 0 Å². The Labute approximate surface area is 155 Å². The van der Waals surface area contributed by atoms with Gasteiger partial charge in [-0.25, -0.2) is 0 Å². The Morgan fingerprint density at radius 1 is 0.846 bits per heavy atom. The summed E-state index contributed by atoms with van der Waals surface area (Å²) in [7, 11) is 0. The van der Waals surface area contributed by atoms with E-state index in [2.05, 4.69) is 82.3 Å². The molecule has 1 nitrogen and oxygen atoms in total.